The van der Waals surface area contributed by atoms with Gasteiger partial charge in [0.25, 0.3) is 0 Å². The van der Waals surface area contributed by atoms with E-state index in [1.807, 2.05) is 137 Å². The van der Waals surface area contributed by atoms with Gasteiger partial charge in [-0.2, -0.15) is 0 Å². The van der Waals surface area contributed by atoms with Gasteiger partial charge in [0.15, 0.2) is 0 Å². The number of hydrogen-bond acceptors (Lipinski definition) is 17. The quantitative estimate of drug-likeness (QED) is 0.0341. The van der Waals surface area contributed by atoms with Crippen molar-refractivity contribution < 1.29 is 85.3 Å². The molecular weight excluding hydrogens is 1540 g/mol. The van der Waals surface area contributed by atoms with Crippen LogP contribution in [0.1, 0.15) is 140 Å². The molecule has 0 bridgehead atoms. The van der Waals surface area contributed by atoms with Crippen LogP contribution in [-0.2, 0) is 44.8 Å². The molecule has 8 rings (SSSR count). The standard InChI is InChI=1S/C22H28O3.C21H26O4.C20H24O4.2C9H13BO.2Ba.4H2O/c1-8-25-21(23)22(5,6)18-12-16(4)20(19(13-18)24-7)17-10-14(2)9-15(3)11-17;1-7-25-20(23)21(4,5)16-11-17(22)19(18(12-16)24-6)15-9-13(2)8-14(3)10-15;1-6-24-19(23)20(4,5)15-10-16(21)18(17(22)11-15)14-8-12(2)7-13(3)9-14;2*1-7-4-8(2)6-9(5-7)10(3)11;;;;;;/h9-13H,8H2,1-7H3;8-12,22H,7H2,1-6H3;7-11,21-22H,6H2,1-5H3;2*4-6,11H,1-3H3;;;4*1H2/q;;;;;2*+2;;;;/p-4. The molecular formula is C81H108B2Ba2O17. The number of ether oxygens (including phenoxy) is 5. The van der Waals surface area contributed by atoms with Gasteiger partial charge in [-0.15, -0.1) is 0 Å². The summed E-state index contributed by atoms with van der Waals surface area (Å²) in [5.74, 6) is 0.292. The van der Waals surface area contributed by atoms with Crippen molar-refractivity contribution in [2.75, 3.05) is 34.0 Å². The number of carbonyl (C=O) groups is 3. The van der Waals surface area contributed by atoms with Gasteiger partial charge in [0.2, 0.25) is 0 Å². The first-order valence-electron chi connectivity index (χ1n) is 32.7. The Balaban J connectivity index is -0.00000123. The van der Waals surface area contributed by atoms with E-state index in [0.29, 0.717) is 41.2 Å². The summed E-state index contributed by atoms with van der Waals surface area (Å²) < 4.78 is 26.7. The molecule has 17 nitrogen and oxygen atoms in total. The zero-order chi connectivity index (χ0) is 72.5. The van der Waals surface area contributed by atoms with Crippen molar-refractivity contribution in [3.63, 3.8) is 0 Å². The monoisotopic (exact) mass is 1650 g/mol. The van der Waals surface area contributed by atoms with Crippen LogP contribution >= 0.6 is 0 Å². The molecule has 21 heteroatoms. The molecule has 0 unspecified atom stereocenters. The Kier molecular flexibility index (Phi) is 44.2. The Labute approximate surface area is 688 Å². The fourth-order valence-electron chi connectivity index (χ4n) is 11.5. The fraction of sp³-hybridized carbons (Fsp3) is 0.370. The number of benzene rings is 8. The largest absolute Gasteiger partial charge is 2.00 e. The minimum absolute atomic E-state index is 0. The third kappa shape index (κ3) is 27.9. The first-order chi connectivity index (χ1) is 44.7. The Hall–Kier alpha value is -5.80. The molecule has 0 saturated heterocycles. The van der Waals surface area contributed by atoms with Crippen molar-refractivity contribution in [1.29, 1.82) is 0 Å². The van der Waals surface area contributed by atoms with Gasteiger partial charge < -0.3 is 71.0 Å². The van der Waals surface area contributed by atoms with Crippen LogP contribution in [0.5, 0.6) is 28.7 Å². The number of carbonyl (C=O) groups excluding carboxylic acids is 3. The summed E-state index contributed by atoms with van der Waals surface area (Å²) in [5.41, 5.74) is 18.9. The topological polar surface area (TPSA) is 319 Å². The van der Waals surface area contributed by atoms with Gasteiger partial charge in [0.1, 0.15) is 28.7 Å². The van der Waals surface area contributed by atoms with Gasteiger partial charge in [-0.05, 0) is 219 Å². The van der Waals surface area contributed by atoms with Gasteiger partial charge in [0.05, 0.1) is 61.4 Å². The van der Waals surface area contributed by atoms with Crippen LogP contribution < -0.4 is 20.4 Å². The second-order valence-electron chi connectivity index (χ2n) is 26.7. The molecule has 0 amide bonds. The van der Waals surface area contributed by atoms with Crippen LogP contribution in [-0.4, -0.2) is 211 Å². The number of aryl methyl sites for hydroxylation is 11. The Bertz CT molecular complexity index is 3720. The Morgan fingerprint density at radius 2 is 0.559 bits per heavy atom. The molecule has 0 aromatic heterocycles. The van der Waals surface area contributed by atoms with Crippen LogP contribution in [0.4, 0.5) is 0 Å². The van der Waals surface area contributed by atoms with E-state index < -0.39 is 22.2 Å². The maximum absolute atomic E-state index is 12.4. The summed E-state index contributed by atoms with van der Waals surface area (Å²) in [7, 11) is 3.23. The van der Waals surface area contributed by atoms with E-state index in [9.17, 15) is 39.8 Å². The zero-order valence-corrected chi connectivity index (χ0v) is 73.5. The van der Waals surface area contributed by atoms with Crippen molar-refractivity contribution in [3.05, 3.63) is 205 Å². The van der Waals surface area contributed by atoms with Gasteiger partial charge >= 0.3 is 130 Å². The molecule has 8 aromatic rings. The van der Waals surface area contributed by atoms with Gasteiger partial charge in [0, 0.05) is 5.56 Å². The molecule has 0 saturated carbocycles. The van der Waals surface area contributed by atoms with Gasteiger partial charge in [-0.3, -0.25) is 14.4 Å². The van der Waals surface area contributed by atoms with Crippen LogP contribution in [0.2, 0.25) is 13.6 Å². The van der Waals surface area contributed by atoms with E-state index in [1.54, 1.807) is 81.5 Å². The number of esters is 3. The van der Waals surface area contributed by atoms with E-state index in [1.165, 1.54) is 45.5 Å². The molecule has 0 aliphatic heterocycles. The number of methoxy groups -OCH3 is 2. The third-order valence-electron chi connectivity index (χ3n) is 16.4. The maximum Gasteiger partial charge on any atom is 2.00 e. The van der Waals surface area contributed by atoms with Gasteiger partial charge in [-0.1, -0.05) is 166 Å². The summed E-state index contributed by atoms with van der Waals surface area (Å²) in [6.45, 7) is 42.2. The van der Waals surface area contributed by atoms with Crippen LogP contribution in [0, 0.1) is 76.2 Å². The molecule has 544 valence electrons. The number of hydrogen-bond donors (Lipinski definition) is 5. The second kappa shape index (κ2) is 44.9. The second-order valence-corrected chi connectivity index (χ2v) is 26.7. The molecule has 8 aromatic carbocycles. The van der Waals surface area contributed by atoms with E-state index in [0.717, 1.165) is 72.3 Å². The summed E-state index contributed by atoms with van der Waals surface area (Å²) >= 11 is 0. The molecule has 0 fully saturated rings. The van der Waals surface area contributed by atoms with E-state index in [-0.39, 0.29) is 169 Å². The first kappa shape index (κ1) is 100. The van der Waals surface area contributed by atoms with Crippen molar-refractivity contribution >= 4 is 140 Å². The molecule has 102 heavy (non-hydrogen) atoms. The summed E-state index contributed by atoms with van der Waals surface area (Å²) in [5, 5.41) is 50.2. The van der Waals surface area contributed by atoms with Gasteiger partial charge in [-0.25, -0.2) is 0 Å². The maximum atomic E-state index is 12.4. The average Bonchev–Trinajstić information content (AvgIpc) is 0.800. The first-order valence-corrected chi connectivity index (χ1v) is 32.7. The Morgan fingerprint density at radius 3 is 0.814 bits per heavy atom. The predicted molar refractivity (Wildman–Crippen MR) is 414 cm³/mol. The number of aromatic hydroxyl groups is 3. The summed E-state index contributed by atoms with van der Waals surface area (Å²) in [6, 6.07) is 41.1. The van der Waals surface area contributed by atoms with E-state index in [4.69, 9.17) is 23.7 Å². The van der Waals surface area contributed by atoms with E-state index in [2.05, 4.69) is 63.2 Å². The Morgan fingerprint density at radius 1 is 0.343 bits per heavy atom. The number of phenolic OH excluding ortho intramolecular Hbond substituents is 3. The molecule has 0 spiro atoms. The summed E-state index contributed by atoms with van der Waals surface area (Å²) in [6.07, 6.45) is 0. The zero-order valence-electron chi connectivity index (χ0n) is 64.6. The fourth-order valence-corrected chi connectivity index (χ4v) is 11.5. The van der Waals surface area contributed by atoms with Crippen molar-refractivity contribution in [2.45, 2.75) is 168 Å². The van der Waals surface area contributed by atoms with Crippen molar-refractivity contribution in [1.82, 2.24) is 0 Å². The van der Waals surface area contributed by atoms with E-state index >= 15 is 0 Å². The molecule has 0 atom stereocenters. The molecule has 0 aliphatic carbocycles. The third-order valence-corrected chi connectivity index (χ3v) is 16.4. The SMILES string of the molecule is CB(O)c1cc(C)cc(C)c1.CB(O)c1cc(C)cc(C)c1.CCOC(=O)C(C)(C)c1cc(C)c(-c2cc(C)cc(C)c2)c(OC)c1.CCOC(=O)C(C)(C)c1cc(O)c(-c2cc(C)cc(C)c2)c(O)c1.CCOC(=O)C(C)(C)c1cc(O)c(-c2cc(C)cc(C)c2)c(OC)c1.[Ba+2].[Ba+2].[OH-].[OH-].[OH-].[OH-]. The van der Waals surface area contributed by atoms with Crippen LogP contribution in [0.25, 0.3) is 33.4 Å². The minimum atomic E-state index is -0.966. The summed E-state index contributed by atoms with van der Waals surface area (Å²) in [4.78, 5) is 36.8. The molecule has 0 radical (unpaired) electrons. The predicted octanol–water partition coefficient (Wildman–Crippen LogP) is 14.7. The molecule has 0 aliphatic rings. The van der Waals surface area contributed by atoms with Crippen LogP contribution in [0.15, 0.2) is 127 Å². The average molecular weight is 1650 g/mol. The number of rotatable bonds is 16. The van der Waals surface area contributed by atoms with Crippen LogP contribution in [0.3, 0.4) is 0 Å². The minimum Gasteiger partial charge on any atom is -0.870 e. The van der Waals surface area contributed by atoms with Crippen molar-refractivity contribution in [2.24, 2.45) is 0 Å². The normalized spacial score (nSPS) is 10.3. The number of phenols is 3. The molecule has 9 N–H and O–H groups in total. The smallest absolute Gasteiger partial charge is 0.870 e. The van der Waals surface area contributed by atoms with Crippen molar-refractivity contribution in [3.8, 4) is 62.1 Å². The molecule has 0 heterocycles.